The first-order chi connectivity index (χ1) is 11.7. The van der Waals surface area contributed by atoms with E-state index >= 15 is 0 Å². The molecule has 0 aliphatic heterocycles. The highest BCUT2D eigenvalue weighted by Gasteiger charge is 2.07. The van der Waals surface area contributed by atoms with E-state index in [0.717, 1.165) is 0 Å². The normalized spacial score (nSPS) is 11.2. The molecule has 3 aromatic carbocycles. The lowest BCUT2D eigenvalue weighted by Crippen LogP contribution is -1.95. The van der Waals surface area contributed by atoms with Crippen LogP contribution in [-0.2, 0) is 4.79 Å². The lowest BCUT2D eigenvalue weighted by molar-refractivity contribution is -0.0979. The maximum Gasteiger partial charge on any atom is 0.106 e. The predicted molar refractivity (Wildman–Crippen MR) is 103 cm³/mol. The first-order valence-corrected chi connectivity index (χ1v) is 8.72. The van der Waals surface area contributed by atoms with E-state index in [-0.39, 0.29) is 0 Å². The van der Waals surface area contributed by atoms with Crippen LogP contribution in [0.4, 0.5) is 0 Å². The summed E-state index contributed by atoms with van der Waals surface area (Å²) >= 11 is 1.81. The summed E-state index contributed by atoms with van der Waals surface area (Å²) < 4.78 is 0. The zero-order valence-corrected chi connectivity index (χ0v) is 14.9. The van der Waals surface area contributed by atoms with Crippen LogP contribution in [0.15, 0.2) is 88.7 Å². The molecule has 122 valence electrons. The topological polar surface area (TPSA) is 17.1 Å². The van der Waals surface area contributed by atoms with Gasteiger partial charge in [0.05, 0.1) is 0 Å². The minimum Gasteiger partial charge on any atom is -0.307 e. The van der Waals surface area contributed by atoms with Gasteiger partial charge in [-0.05, 0) is 42.3 Å². The van der Waals surface area contributed by atoms with Gasteiger partial charge in [0.25, 0.3) is 0 Å². The smallest absolute Gasteiger partial charge is 0.106 e. The van der Waals surface area contributed by atoms with Gasteiger partial charge in [0, 0.05) is 15.7 Å². The molecule has 0 N–H and O–H groups in total. The van der Waals surface area contributed by atoms with Crippen molar-refractivity contribution in [1.82, 2.24) is 0 Å². The van der Waals surface area contributed by atoms with Crippen LogP contribution in [-0.4, -0.2) is 6.79 Å². The summed E-state index contributed by atoms with van der Waals surface area (Å²) in [6.07, 6.45) is 0. The average molecular weight is 334 g/mol. The minimum absolute atomic E-state index is 0.430. The van der Waals surface area contributed by atoms with E-state index < -0.39 is 0 Å². The molecular weight excluding hydrogens is 312 g/mol. The summed E-state index contributed by atoms with van der Waals surface area (Å²) in [5.41, 5.74) is 4.03. The van der Waals surface area contributed by atoms with Crippen LogP contribution >= 0.6 is 11.8 Å². The van der Waals surface area contributed by atoms with Gasteiger partial charge in [-0.15, -0.1) is 0 Å². The molecule has 0 aliphatic carbocycles. The monoisotopic (exact) mass is 334 g/mol. The van der Waals surface area contributed by atoms with Crippen LogP contribution in [0, 0.1) is 6.92 Å². The number of benzene rings is 3. The van der Waals surface area contributed by atoms with Crippen LogP contribution in [0.5, 0.6) is 0 Å². The summed E-state index contributed by atoms with van der Waals surface area (Å²) in [5.74, 6) is 0.430. The van der Waals surface area contributed by atoms with Crippen LogP contribution in [0.25, 0.3) is 0 Å². The van der Waals surface area contributed by atoms with Gasteiger partial charge in [-0.1, -0.05) is 78.8 Å². The third-order valence-corrected chi connectivity index (χ3v) is 4.95. The summed E-state index contributed by atoms with van der Waals surface area (Å²) in [6.45, 7) is 6.38. The van der Waals surface area contributed by atoms with Gasteiger partial charge in [0.15, 0.2) is 0 Å². The molecule has 0 saturated heterocycles. The number of carbonyl (C=O) groups excluding carboxylic acids is 1. The van der Waals surface area contributed by atoms with E-state index in [9.17, 15) is 0 Å². The molecule has 3 rings (SSSR count). The van der Waals surface area contributed by atoms with Gasteiger partial charge >= 0.3 is 0 Å². The largest absolute Gasteiger partial charge is 0.307 e. The van der Waals surface area contributed by atoms with E-state index in [1.54, 1.807) is 0 Å². The number of carbonyl (C=O) groups is 1. The third kappa shape index (κ3) is 4.84. The molecule has 0 amide bonds. The molecular formula is C22H22OS. The molecule has 1 unspecified atom stereocenters. The fourth-order valence-electron chi connectivity index (χ4n) is 2.50. The molecule has 0 saturated carbocycles. The second-order valence-electron chi connectivity index (χ2n) is 5.62. The van der Waals surface area contributed by atoms with Gasteiger partial charge in [0.1, 0.15) is 6.79 Å². The van der Waals surface area contributed by atoms with Crippen molar-refractivity contribution in [2.75, 3.05) is 0 Å². The quantitative estimate of drug-likeness (QED) is 0.572. The van der Waals surface area contributed by atoms with Gasteiger partial charge in [-0.25, -0.2) is 0 Å². The number of aryl methyl sites for hydroxylation is 1. The number of hydrogen-bond acceptors (Lipinski definition) is 2. The molecule has 3 aromatic rings. The Morgan fingerprint density at radius 3 is 1.71 bits per heavy atom. The fourth-order valence-corrected chi connectivity index (χ4v) is 3.32. The Morgan fingerprint density at radius 2 is 1.17 bits per heavy atom. The van der Waals surface area contributed by atoms with E-state index in [1.165, 1.54) is 26.5 Å². The van der Waals surface area contributed by atoms with Crippen LogP contribution in [0.1, 0.15) is 29.5 Å². The van der Waals surface area contributed by atoms with E-state index in [4.69, 9.17) is 4.79 Å². The Bertz CT molecular complexity index is 733. The highest BCUT2D eigenvalue weighted by molar-refractivity contribution is 7.99. The van der Waals surface area contributed by atoms with Crippen LogP contribution in [0.3, 0.4) is 0 Å². The molecule has 2 heteroatoms. The molecule has 24 heavy (non-hydrogen) atoms. The van der Waals surface area contributed by atoms with Crippen molar-refractivity contribution in [3.63, 3.8) is 0 Å². The maximum atomic E-state index is 8.00. The van der Waals surface area contributed by atoms with E-state index in [2.05, 4.69) is 92.7 Å². The summed E-state index contributed by atoms with van der Waals surface area (Å²) in [6, 6.07) is 28.3. The van der Waals surface area contributed by atoms with Crippen molar-refractivity contribution in [1.29, 1.82) is 0 Å². The minimum atomic E-state index is 0.430. The lowest BCUT2D eigenvalue weighted by Gasteiger charge is -2.13. The molecule has 0 spiro atoms. The first-order valence-electron chi connectivity index (χ1n) is 7.91. The predicted octanol–water partition coefficient (Wildman–Crippen LogP) is 6.11. The van der Waals surface area contributed by atoms with E-state index in [1.807, 2.05) is 18.6 Å². The van der Waals surface area contributed by atoms with Crippen molar-refractivity contribution in [3.05, 3.63) is 95.6 Å². The van der Waals surface area contributed by atoms with Crippen molar-refractivity contribution < 1.29 is 4.79 Å². The highest BCUT2D eigenvalue weighted by Crippen LogP contribution is 2.30. The molecule has 0 radical (unpaired) electrons. The molecule has 1 atom stereocenters. The lowest BCUT2D eigenvalue weighted by atomic mass is 9.93. The molecule has 0 fully saturated rings. The summed E-state index contributed by atoms with van der Waals surface area (Å²) in [7, 11) is 0. The number of hydrogen-bond donors (Lipinski definition) is 0. The zero-order chi connectivity index (χ0) is 17.4. The Kier molecular flexibility index (Phi) is 6.83. The Morgan fingerprint density at radius 1 is 0.708 bits per heavy atom. The van der Waals surface area contributed by atoms with Crippen LogP contribution in [0.2, 0.25) is 0 Å². The van der Waals surface area contributed by atoms with Gasteiger partial charge < -0.3 is 4.79 Å². The van der Waals surface area contributed by atoms with Gasteiger partial charge in [0.2, 0.25) is 0 Å². The molecule has 0 heterocycles. The Hall–Kier alpha value is -2.32. The zero-order valence-electron chi connectivity index (χ0n) is 14.1. The van der Waals surface area contributed by atoms with Crippen molar-refractivity contribution in [3.8, 4) is 0 Å². The Balaban J connectivity index is 0.00000100. The highest BCUT2D eigenvalue weighted by atomic mass is 32.2. The molecule has 1 nitrogen and oxygen atoms in total. The Labute approximate surface area is 148 Å². The van der Waals surface area contributed by atoms with Crippen molar-refractivity contribution in [2.45, 2.75) is 29.6 Å². The third-order valence-electron chi connectivity index (χ3n) is 3.94. The SMILES string of the molecule is C=O.Cc1ccc(Sc2ccc(C(C)c3ccccc3)cc2)cc1. The summed E-state index contributed by atoms with van der Waals surface area (Å²) in [4.78, 5) is 10.6. The molecule has 0 aromatic heterocycles. The number of rotatable bonds is 4. The second kappa shape index (κ2) is 9.09. The molecule has 0 bridgehead atoms. The summed E-state index contributed by atoms with van der Waals surface area (Å²) in [5, 5.41) is 0. The first kappa shape index (κ1) is 18.0. The molecule has 0 aliphatic rings. The second-order valence-corrected chi connectivity index (χ2v) is 6.76. The fraction of sp³-hybridized carbons (Fsp3) is 0.136. The van der Waals surface area contributed by atoms with Crippen molar-refractivity contribution in [2.24, 2.45) is 0 Å². The van der Waals surface area contributed by atoms with Crippen LogP contribution < -0.4 is 0 Å². The average Bonchev–Trinajstić information content (AvgIpc) is 2.66. The van der Waals surface area contributed by atoms with Crippen molar-refractivity contribution >= 4 is 18.6 Å². The van der Waals surface area contributed by atoms with E-state index in [0.29, 0.717) is 5.92 Å². The van der Waals surface area contributed by atoms with Gasteiger partial charge in [-0.2, -0.15) is 0 Å². The van der Waals surface area contributed by atoms with Gasteiger partial charge in [-0.3, -0.25) is 0 Å². The maximum absolute atomic E-state index is 8.00. The standard InChI is InChI=1S/C21H20S.CH2O/c1-16-8-12-20(13-9-16)22-21-14-10-19(11-15-21)17(2)18-6-4-3-5-7-18;1-2/h3-15,17H,1-2H3;1H2.